The monoisotopic (exact) mass is 488 g/mol. The fourth-order valence-corrected chi connectivity index (χ4v) is 5.17. The molecule has 0 aromatic heterocycles. The molecule has 0 bridgehead atoms. The third-order valence-corrected chi connectivity index (χ3v) is 7.04. The zero-order valence-electron chi connectivity index (χ0n) is 15.4. The van der Waals surface area contributed by atoms with E-state index in [4.69, 9.17) is 21.1 Å². The smallest absolute Gasteiger partial charge is 0.240 e. The number of nitrogens with one attached hydrogen (secondary N) is 1. The molecule has 1 heterocycles. The highest BCUT2D eigenvalue weighted by Crippen LogP contribution is 2.30. The van der Waals surface area contributed by atoms with Crippen molar-refractivity contribution in [1.82, 2.24) is 9.62 Å². The first kappa shape index (κ1) is 21.5. The van der Waals surface area contributed by atoms with E-state index in [0.717, 1.165) is 5.56 Å². The number of benzene rings is 2. The highest BCUT2D eigenvalue weighted by atomic mass is 79.9. The minimum atomic E-state index is -3.70. The molecule has 1 aliphatic rings. The van der Waals surface area contributed by atoms with E-state index in [1.54, 1.807) is 6.07 Å². The Morgan fingerprint density at radius 2 is 1.96 bits per heavy atom. The standard InChI is InChI=1S/C19H22BrClN2O4S/c1-26-19-7-6-14(12-16(19)20)28(24,25)22-13-18(23-8-10-27-11-9-23)15-4-2-3-5-17(15)21/h2-7,12,18,22H,8-11,13H2,1H3. The second-order valence-corrected chi connectivity index (χ2v) is 9.36. The van der Waals surface area contributed by atoms with Crippen molar-refractivity contribution in [2.75, 3.05) is 40.0 Å². The van der Waals surface area contributed by atoms with E-state index in [-0.39, 0.29) is 17.5 Å². The summed E-state index contributed by atoms with van der Waals surface area (Å²) in [5.41, 5.74) is 0.893. The number of ether oxygens (including phenoxy) is 2. The van der Waals surface area contributed by atoms with Gasteiger partial charge in [-0.15, -0.1) is 0 Å². The van der Waals surface area contributed by atoms with Crippen LogP contribution in [0.5, 0.6) is 5.75 Å². The summed E-state index contributed by atoms with van der Waals surface area (Å²) in [6.07, 6.45) is 0. The summed E-state index contributed by atoms with van der Waals surface area (Å²) in [6, 6.07) is 12.0. The van der Waals surface area contributed by atoms with Crippen LogP contribution in [0.15, 0.2) is 51.8 Å². The number of nitrogens with zero attached hydrogens (tertiary/aromatic N) is 1. The van der Waals surface area contributed by atoms with Gasteiger partial charge in [0.05, 0.1) is 29.7 Å². The van der Waals surface area contributed by atoms with Gasteiger partial charge >= 0.3 is 0 Å². The number of sulfonamides is 1. The van der Waals surface area contributed by atoms with Crippen LogP contribution in [0.1, 0.15) is 11.6 Å². The van der Waals surface area contributed by atoms with Crippen LogP contribution in [0.2, 0.25) is 5.02 Å². The first-order chi connectivity index (χ1) is 13.4. The maximum absolute atomic E-state index is 12.8. The zero-order valence-corrected chi connectivity index (χ0v) is 18.6. The average molecular weight is 490 g/mol. The lowest BCUT2D eigenvalue weighted by molar-refractivity contribution is 0.0172. The maximum atomic E-state index is 12.8. The van der Waals surface area contributed by atoms with E-state index >= 15 is 0 Å². The molecular weight excluding hydrogens is 468 g/mol. The van der Waals surface area contributed by atoms with Gasteiger partial charge in [-0.25, -0.2) is 13.1 Å². The van der Waals surface area contributed by atoms with Gasteiger partial charge in [0.2, 0.25) is 10.0 Å². The molecule has 152 valence electrons. The van der Waals surface area contributed by atoms with Crippen molar-refractivity contribution >= 4 is 37.6 Å². The van der Waals surface area contributed by atoms with Gasteiger partial charge in [-0.05, 0) is 45.8 Å². The average Bonchev–Trinajstić information content (AvgIpc) is 2.70. The first-order valence-corrected chi connectivity index (χ1v) is 11.5. The van der Waals surface area contributed by atoms with Gasteiger partial charge in [-0.2, -0.15) is 0 Å². The van der Waals surface area contributed by atoms with Crippen molar-refractivity contribution in [3.05, 3.63) is 57.5 Å². The molecule has 1 N–H and O–H groups in total. The van der Waals surface area contributed by atoms with Crippen molar-refractivity contribution in [3.63, 3.8) is 0 Å². The molecule has 0 amide bonds. The topological polar surface area (TPSA) is 67.9 Å². The SMILES string of the molecule is COc1ccc(S(=O)(=O)NCC(c2ccccc2Cl)N2CCOCC2)cc1Br. The number of hydrogen-bond donors (Lipinski definition) is 1. The Kier molecular flexibility index (Phi) is 7.36. The van der Waals surface area contributed by atoms with Crippen molar-refractivity contribution in [1.29, 1.82) is 0 Å². The van der Waals surface area contributed by atoms with E-state index in [9.17, 15) is 8.42 Å². The van der Waals surface area contributed by atoms with Crippen molar-refractivity contribution in [2.45, 2.75) is 10.9 Å². The first-order valence-electron chi connectivity index (χ1n) is 8.82. The quantitative estimate of drug-likeness (QED) is 0.645. The molecule has 3 rings (SSSR count). The van der Waals surface area contributed by atoms with Gasteiger partial charge in [-0.3, -0.25) is 4.90 Å². The zero-order chi connectivity index (χ0) is 20.1. The Balaban J connectivity index is 1.82. The van der Waals surface area contributed by atoms with Crippen molar-refractivity contribution in [2.24, 2.45) is 0 Å². The molecule has 0 radical (unpaired) electrons. The van der Waals surface area contributed by atoms with Crippen molar-refractivity contribution in [3.8, 4) is 5.75 Å². The second-order valence-electron chi connectivity index (χ2n) is 6.33. The van der Waals surface area contributed by atoms with Gasteiger partial charge in [0.25, 0.3) is 0 Å². The molecule has 28 heavy (non-hydrogen) atoms. The van der Waals surface area contributed by atoms with Gasteiger partial charge < -0.3 is 9.47 Å². The van der Waals surface area contributed by atoms with E-state index in [1.807, 2.05) is 24.3 Å². The molecule has 0 aliphatic carbocycles. The Hall–Kier alpha value is -1.16. The highest BCUT2D eigenvalue weighted by molar-refractivity contribution is 9.10. The predicted octanol–water partition coefficient (Wildman–Crippen LogP) is 3.46. The fraction of sp³-hybridized carbons (Fsp3) is 0.368. The summed E-state index contributed by atoms with van der Waals surface area (Å²) < 4.78 is 39.6. The molecule has 1 unspecified atom stereocenters. The van der Waals surface area contributed by atoms with Crippen LogP contribution in [-0.2, 0) is 14.8 Å². The van der Waals surface area contributed by atoms with Gasteiger partial charge in [-0.1, -0.05) is 29.8 Å². The van der Waals surface area contributed by atoms with Gasteiger partial charge in [0.15, 0.2) is 0 Å². The summed E-state index contributed by atoms with van der Waals surface area (Å²) >= 11 is 9.74. The summed E-state index contributed by atoms with van der Waals surface area (Å²) in [7, 11) is -2.17. The number of rotatable bonds is 7. The normalized spacial score (nSPS) is 16.7. The van der Waals surface area contributed by atoms with E-state index < -0.39 is 10.0 Å². The largest absolute Gasteiger partial charge is 0.496 e. The van der Waals surface area contributed by atoms with Gasteiger partial charge in [0, 0.05) is 30.7 Å². The minimum Gasteiger partial charge on any atom is -0.496 e. The van der Waals surface area contributed by atoms with Crippen LogP contribution in [0.4, 0.5) is 0 Å². The molecule has 2 aromatic rings. The molecule has 0 spiro atoms. The lowest BCUT2D eigenvalue weighted by Gasteiger charge is -2.35. The van der Waals surface area contributed by atoms with Gasteiger partial charge in [0.1, 0.15) is 5.75 Å². The molecule has 9 heteroatoms. The maximum Gasteiger partial charge on any atom is 0.240 e. The van der Waals surface area contributed by atoms with Crippen LogP contribution in [-0.4, -0.2) is 53.3 Å². The lowest BCUT2D eigenvalue weighted by atomic mass is 10.0. The highest BCUT2D eigenvalue weighted by Gasteiger charge is 2.26. The Labute approximate surface area is 179 Å². The molecule has 2 aromatic carbocycles. The summed E-state index contributed by atoms with van der Waals surface area (Å²) in [5.74, 6) is 0.571. The third-order valence-electron chi connectivity index (χ3n) is 4.65. The fourth-order valence-electron chi connectivity index (χ4n) is 3.16. The lowest BCUT2D eigenvalue weighted by Crippen LogP contribution is -2.43. The molecule has 6 nitrogen and oxygen atoms in total. The van der Waals surface area contributed by atoms with E-state index in [2.05, 4.69) is 25.6 Å². The number of methoxy groups -OCH3 is 1. The molecular formula is C19H22BrClN2O4S. The van der Waals surface area contributed by atoms with Crippen molar-refractivity contribution < 1.29 is 17.9 Å². The predicted molar refractivity (Wildman–Crippen MR) is 112 cm³/mol. The Morgan fingerprint density at radius 3 is 2.61 bits per heavy atom. The van der Waals surface area contributed by atoms with Crippen LogP contribution >= 0.6 is 27.5 Å². The molecule has 0 saturated carbocycles. The number of halogens is 2. The molecule has 1 fully saturated rings. The minimum absolute atomic E-state index is 0.167. The Bertz CT molecular complexity index is 920. The number of hydrogen-bond acceptors (Lipinski definition) is 5. The summed E-state index contributed by atoms with van der Waals surface area (Å²) in [6.45, 7) is 2.85. The molecule has 1 aliphatic heterocycles. The number of morpholine rings is 1. The third kappa shape index (κ3) is 5.06. The summed E-state index contributed by atoms with van der Waals surface area (Å²) in [4.78, 5) is 2.36. The summed E-state index contributed by atoms with van der Waals surface area (Å²) in [5, 5.41) is 0.616. The second kappa shape index (κ2) is 9.56. The van der Waals surface area contributed by atoms with Crippen LogP contribution in [0, 0.1) is 0 Å². The Morgan fingerprint density at radius 1 is 1.25 bits per heavy atom. The van der Waals surface area contributed by atoms with E-state index in [0.29, 0.717) is 41.5 Å². The molecule has 1 saturated heterocycles. The van der Waals surface area contributed by atoms with Crippen LogP contribution in [0.3, 0.4) is 0 Å². The molecule has 1 atom stereocenters. The van der Waals surface area contributed by atoms with Crippen LogP contribution in [0.25, 0.3) is 0 Å². The van der Waals surface area contributed by atoms with E-state index in [1.165, 1.54) is 19.2 Å². The van der Waals surface area contributed by atoms with Crippen LogP contribution < -0.4 is 9.46 Å².